The van der Waals surface area contributed by atoms with Crippen LogP contribution in [-0.4, -0.2) is 74.6 Å². The highest BCUT2D eigenvalue weighted by atomic mass is 19.4. The quantitative estimate of drug-likeness (QED) is 0.827. The van der Waals surface area contributed by atoms with E-state index < -0.39 is 11.7 Å². The smallest absolute Gasteiger partial charge is 0.369 e. The molecule has 0 aromatic heterocycles. The van der Waals surface area contributed by atoms with Gasteiger partial charge in [-0.25, -0.2) is 0 Å². The summed E-state index contributed by atoms with van der Waals surface area (Å²) in [7, 11) is 1.66. The molecule has 1 unspecified atom stereocenters. The summed E-state index contributed by atoms with van der Waals surface area (Å²) >= 11 is 0. The Morgan fingerprint density at radius 3 is 2.61 bits per heavy atom. The van der Waals surface area contributed by atoms with Crippen LogP contribution in [0.25, 0.3) is 0 Å². The van der Waals surface area contributed by atoms with E-state index in [2.05, 4.69) is 15.1 Å². The van der Waals surface area contributed by atoms with Gasteiger partial charge < -0.3 is 15.1 Å². The highest BCUT2D eigenvalue weighted by molar-refractivity contribution is 5.75. The Hall–Kier alpha value is -1.80. The second-order valence-electron chi connectivity index (χ2n) is 7.59. The van der Waals surface area contributed by atoms with E-state index in [1.165, 1.54) is 12.1 Å². The molecule has 28 heavy (non-hydrogen) atoms. The number of halogens is 3. The van der Waals surface area contributed by atoms with Gasteiger partial charge in [0.2, 0.25) is 5.91 Å². The van der Waals surface area contributed by atoms with Gasteiger partial charge in [0.05, 0.1) is 5.56 Å². The summed E-state index contributed by atoms with van der Waals surface area (Å²) in [6.45, 7) is 5.93. The topological polar surface area (TPSA) is 38.8 Å². The number of anilines is 1. The van der Waals surface area contributed by atoms with Crippen molar-refractivity contribution in [3.8, 4) is 0 Å². The molecule has 1 aromatic rings. The molecule has 2 heterocycles. The fourth-order valence-corrected chi connectivity index (χ4v) is 4.14. The average molecular weight is 398 g/mol. The molecule has 0 spiro atoms. The van der Waals surface area contributed by atoms with Gasteiger partial charge in [0.1, 0.15) is 0 Å². The van der Waals surface area contributed by atoms with Crippen LogP contribution in [0.1, 0.15) is 24.8 Å². The largest absolute Gasteiger partial charge is 0.416 e. The molecule has 0 radical (unpaired) electrons. The SMILES string of the molecule is CNC(=O)CCN1CCCC(N2CCN(c3cccc(C(F)(F)F)c3)CC2)C1. The van der Waals surface area contributed by atoms with Crippen LogP contribution < -0.4 is 10.2 Å². The molecule has 1 N–H and O–H groups in total. The van der Waals surface area contributed by atoms with E-state index in [1.54, 1.807) is 13.1 Å². The fraction of sp³-hybridized carbons (Fsp3) is 0.650. The first-order valence-electron chi connectivity index (χ1n) is 9.96. The van der Waals surface area contributed by atoms with Crippen LogP contribution in [0.3, 0.4) is 0 Å². The summed E-state index contributed by atoms with van der Waals surface area (Å²) in [4.78, 5) is 18.3. The van der Waals surface area contributed by atoms with E-state index in [0.717, 1.165) is 64.7 Å². The van der Waals surface area contributed by atoms with E-state index in [-0.39, 0.29) is 5.91 Å². The van der Waals surface area contributed by atoms with Crippen molar-refractivity contribution in [1.29, 1.82) is 0 Å². The number of alkyl halides is 3. The molecule has 0 aliphatic carbocycles. The predicted molar refractivity (Wildman–Crippen MR) is 103 cm³/mol. The number of piperazine rings is 1. The number of likely N-dealkylation sites (tertiary alicyclic amines) is 1. The highest BCUT2D eigenvalue weighted by Gasteiger charge is 2.32. The van der Waals surface area contributed by atoms with Gasteiger partial charge in [-0.2, -0.15) is 13.2 Å². The van der Waals surface area contributed by atoms with Crippen LogP contribution in [0.5, 0.6) is 0 Å². The van der Waals surface area contributed by atoms with Gasteiger partial charge in [0, 0.05) is 64.5 Å². The minimum atomic E-state index is -4.31. The molecule has 1 aromatic carbocycles. The summed E-state index contributed by atoms with van der Waals surface area (Å²) in [6, 6.07) is 6.07. The van der Waals surface area contributed by atoms with Gasteiger partial charge in [-0.15, -0.1) is 0 Å². The van der Waals surface area contributed by atoms with Crippen molar-refractivity contribution in [2.24, 2.45) is 0 Å². The number of amides is 1. The van der Waals surface area contributed by atoms with E-state index in [4.69, 9.17) is 0 Å². The summed E-state index contributed by atoms with van der Waals surface area (Å²) in [5, 5.41) is 2.66. The molecule has 3 rings (SSSR count). The van der Waals surface area contributed by atoms with Crippen LogP contribution >= 0.6 is 0 Å². The Kier molecular flexibility index (Phi) is 6.82. The number of nitrogens with zero attached hydrogens (tertiary/aromatic N) is 3. The highest BCUT2D eigenvalue weighted by Crippen LogP contribution is 2.32. The van der Waals surface area contributed by atoms with Crippen molar-refractivity contribution in [2.75, 3.05) is 57.8 Å². The summed E-state index contributed by atoms with van der Waals surface area (Å²) in [5.41, 5.74) is 0.0526. The second kappa shape index (κ2) is 9.13. The molecule has 1 atom stereocenters. The van der Waals surface area contributed by atoms with Gasteiger partial charge in [0.25, 0.3) is 0 Å². The summed E-state index contributed by atoms with van der Waals surface area (Å²) < 4.78 is 38.9. The molecule has 8 heteroatoms. The molecule has 0 saturated carbocycles. The maximum Gasteiger partial charge on any atom is 0.416 e. The maximum absolute atomic E-state index is 13.0. The number of hydrogen-bond donors (Lipinski definition) is 1. The first-order valence-corrected chi connectivity index (χ1v) is 9.96. The van der Waals surface area contributed by atoms with Crippen LogP contribution in [0.4, 0.5) is 18.9 Å². The molecule has 1 amide bonds. The van der Waals surface area contributed by atoms with Crippen molar-refractivity contribution in [3.05, 3.63) is 29.8 Å². The van der Waals surface area contributed by atoms with Crippen LogP contribution in [0.2, 0.25) is 0 Å². The van der Waals surface area contributed by atoms with E-state index in [0.29, 0.717) is 18.2 Å². The van der Waals surface area contributed by atoms with Crippen molar-refractivity contribution in [1.82, 2.24) is 15.1 Å². The third-order valence-electron chi connectivity index (χ3n) is 5.78. The van der Waals surface area contributed by atoms with Crippen LogP contribution in [-0.2, 0) is 11.0 Å². The molecule has 2 fully saturated rings. The molecule has 2 aliphatic heterocycles. The molecule has 2 aliphatic rings. The minimum Gasteiger partial charge on any atom is -0.369 e. The average Bonchev–Trinajstić information content (AvgIpc) is 2.72. The van der Waals surface area contributed by atoms with Crippen LogP contribution in [0.15, 0.2) is 24.3 Å². The van der Waals surface area contributed by atoms with Gasteiger partial charge in [-0.3, -0.25) is 9.69 Å². The van der Waals surface area contributed by atoms with Crippen molar-refractivity contribution in [2.45, 2.75) is 31.5 Å². The number of nitrogens with one attached hydrogen (secondary N) is 1. The Morgan fingerprint density at radius 2 is 1.93 bits per heavy atom. The fourth-order valence-electron chi connectivity index (χ4n) is 4.14. The Morgan fingerprint density at radius 1 is 1.18 bits per heavy atom. The van der Waals surface area contributed by atoms with E-state index in [9.17, 15) is 18.0 Å². The van der Waals surface area contributed by atoms with Gasteiger partial charge in [0.15, 0.2) is 0 Å². The van der Waals surface area contributed by atoms with Gasteiger partial charge >= 0.3 is 6.18 Å². The lowest BCUT2D eigenvalue weighted by Gasteiger charge is -2.44. The van der Waals surface area contributed by atoms with E-state index >= 15 is 0 Å². The van der Waals surface area contributed by atoms with Crippen molar-refractivity contribution >= 4 is 11.6 Å². The van der Waals surface area contributed by atoms with Gasteiger partial charge in [-0.1, -0.05) is 6.07 Å². The van der Waals surface area contributed by atoms with Gasteiger partial charge in [-0.05, 0) is 37.6 Å². The molecule has 0 bridgehead atoms. The lowest BCUT2D eigenvalue weighted by atomic mass is 10.0. The predicted octanol–water partition coefficient (Wildman–Crippen LogP) is 2.43. The van der Waals surface area contributed by atoms with Crippen LogP contribution in [0, 0.1) is 0 Å². The maximum atomic E-state index is 13.0. The number of benzene rings is 1. The first kappa shape index (κ1) is 20.9. The Labute approximate surface area is 164 Å². The number of carbonyl (C=O) groups is 1. The molecular weight excluding hydrogens is 369 g/mol. The lowest BCUT2D eigenvalue weighted by Crippen LogP contribution is -2.55. The Balaban J connectivity index is 1.52. The second-order valence-corrected chi connectivity index (χ2v) is 7.59. The van der Waals surface area contributed by atoms with Crippen molar-refractivity contribution < 1.29 is 18.0 Å². The zero-order valence-electron chi connectivity index (χ0n) is 16.3. The monoisotopic (exact) mass is 398 g/mol. The summed E-state index contributed by atoms with van der Waals surface area (Å²) in [5.74, 6) is 0.0665. The molecular formula is C20H29F3N4O. The number of piperidine rings is 1. The zero-order valence-corrected chi connectivity index (χ0v) is 16.3. The normalized spacial score (nSPS) is 22.3. The lowest BCUT2D eigenvalue weighted by molar-refractivity contribution is -0.137. The standard InChI is InChI=1S/C20H29F3N4O/c1-24-19(28)7-9-25-8-3-6-18(15-25)27-12-10-26(11-13-27)17-5-2-4-16(14-17)20(21,22)23/h2,4-5,14,18H,3,6-13,15H2,1H3,(H,24,28). The number of carbonyl (C=O) groups excluding carboxylic acids is 1. The minimum absolute atomic E-state index is 0.0665. The number of hydrogen-bond acceptors (Lipinski definition) is 4. The first-order chi connectivity index (χ1) is 13.4. The third-order valence-corrected chi connectivity index (χ3v) is 5.78. The summed E-state index contributed by atoms with van der Waals surface area (Å²) in [6.07, 6.45) is -1.53. The Bertz CT molecular complexity index is 659. The number of rotatable bonds is 5. The molecule has 156 valence electrons. The van der Waals surface area contributed by atoms with Crippen molar-refractivity contribution in [3.63, 3.8) is 0 Å². The van der Waals surface area contributed by atoms with E-state index in [1.807, 2.05) is 4.90 Å². The molecule has 5 nitrogen and oxygen atoms in total. The third kappa shape index (κ3) is 5.38. The molecule has 2 saturated heterocycles. The zero-order chi connectivity index (χ0) is 20.1.